The van der Waals surface area contributed by atoms with Crippen molar-refractivity contribution in [2.75, 3.05) is 12.3 Å². The van der Waals surface area contributed by atoms with Crippen LogP contribution in [-0.4, -0.2) is 29.0 Å². The van der Waals surface area contributed by atoms with Crippen LogP contribution in [0.3, 0.4) is 0 Å². The molecule has 0 aromatic rings. The summed E-state index contributed by atoms with van der Waals surface area (Å²) < 4.78 is 5.95. The molecule has 0 aliphatic heterocycles. The molecule has 0 aliphatic rings. The van der Waals surface area contributed by atoms with Crippen LogP contribution in [0, 0.1) is 0 Å². The van der Waals surface area contributed by atoms with Gasteiger partial charge in [0, 0.05) is 12.3 Å². The van der Waals surface area contributed by atoms with Gasteiger partial charge in [0.15, 0.2) is 16.6 Å². The Kier molecular flexibility index (Phi) is 41.6. The molecule has 0 aliphatic carbocycles. The maximum atomic E-state index is 5.95. The molecule has 0 heterocycles. The van der Waals surface area contributed by atoms with E-state index in [0.29, 0.717) is 12.3 Å². The minimum Gasteiger partial charge on any atom is -0.454 e. The molecule has 0 rings (SSSR count). The van der Waals surface area contributed by atoms with Gasteiger partial charge in [-0.05, 0) is 26.2 Å². The summed E-state index contributed by atoms with van der Waals surface area (Å²) in [6.07, 6.45) is 1.37. The van der Waals surface area contributed by atoms with Crippen molar-refractivity contribution in [2.24, 2.45) is 11.5 Å². The van der Waals surface area contributed by atoms with Gasteiger partial charge in [-0.1, -0.05) is 44.6 Å². The van der Waals surface area contributed by atoms with Crippen LogP contribution in [-0.2, 0) is 4.12 Å². The van der Waals surface area contributed by atoms with E-state index in [9.17, 15) is 0 Å². The molecule has 0 amide bonds. The normalized spacial score (nSPS) is 8.82. The molecule has 0 radical (unpaired) electrons. The fourth-order valence-corrected chi connectivity index (χ4v) is 7.48. The smallest absolute Gasteiger partial charge is 0.187 e. The summed E-state index contributed by atoms with van der Waals surface area (Å²) in [7, 11) is -3.15. The molecule has 0 unspecified atom stereocenters. The maximum Gasteiger partial charge on any atom is 0.187 e. The summed E-state index contributed by atoms with van der Waals surface area (Å²) >= 11 is 0. The lowest BCUT2D eigenvalue weighted by molar-refractivity contribution is 0.541. The van der Waals surface area contributed by atoms with E-state index in [1.54, 1.807) is 0 Å². The Bertz CT molecular complexity index is 118. The summed E-state index contributed by atoms with van der Waals surface area (Å²) in [6.45, 7) is 8.55. The first kappa shape index (κ1) is 43.3. The molecular weight excluding hydrogens is 244 g/mol. The van der Waals surface area contributed by atoms with E-state index in [2.05, 4.69) is 26.2 Å². The van der Waals surface area contributed by atoms with Crippen LogP contribution < -0.4 is 11.5 Å². The fourth-order valence-electron chi connectivity index (χ4n) is 0.831. The Balaban J connectivity index is -0.0000000333. The van der Waals surface area contributed by atoms with Crippen molar-refractivity contribution in [3.05, 3.63) is 0 Å². The number of hydrogen-bond donors (Lipinski definition) is 2. The second kappa shape index (κ2) is 16.3. The minimum absolute atomic E-state index is 0. The summed E-state index contributed by atoms with van der Waals surface area (Å²) in [5.41, 5.74) is 11.2. The summed E-state index contributed by atoms with van der Waals surface area (Å²) in [6, 6.07) is 0. The molecule has 0 aromatic heterocycles. The largest absolute Gasteiger partial charge is 0.454 e. The van der Waals surface area contributed by atoms with Crippen molar-refractivity contribution in [1.29, 1.82) is 0 Å². The monoisotopic (exact) mass is 288 g/mol. The molecule has 0 saturated heterocycles. The van der Waals surface area contributed by atoms with Gasteiger partial charge < -0.3 is 15.6 Å². The highest BCUT2D eigenvalue weighted by Gasteiger charge is 2.30. The maximum absolute atomic E-state index is 5.95. The predicted octanol–water partition coefficient (Wildman–Crippen LogP) is 4.23. The van der Waals surface area contributed by atoms with E-state index >= 15 is 0 Å². The summed E-state index contributed by atoms with van der Waals surface area (Å²) in [5, 5.41) is 0. The summed E-state index contributed by atoms with van der Waals surface area (Å²) in [5.74, 6) is 0. The first-order chi connectivity index (χ1) is 4.83. The number of rotatable bonds is 4. The highest BCUT2D eigenvalue weighted by atomic mass is 28.4. The van der Waals surface area contributed by atoms with Gasteiger partial charge in [-0.2, -0.15) is 0 Å². The molecule has 116 valence electrons. The lowest BCUT2D eigenvalue weighted by Crippen LogP contribution is -2.53. The van der Waals surface area contributed by atoms with Crippen molar-refractivity contribution in [3.8, 4) is 0 Å². The zero-order valence-electron chi connectivity index (χ0n) is 7.98. The Morgan fingerprint density at radius 3 is 0.941 bits per heavy atom. The lowest BCUT2D eigenvalue weighted by atomic mass is 11.5. The third kappa shape index (κ3) is 22.0. The molecule has 5 heteroatoms. The van der Waals surface area contributed by atoms with Crippen LogP contribution >= 0.6 is 0 Å². The zero-order chi connectivity index (χ0) is 9.12. The molecule has 0 saturated carbocycles. The van der Waals surface area contributed by atoms with Crippen LogP contribution in [0.5, 0.6) is 0 Å². The Morgan fingerprint density at radius 1 is 0.647 bits per heavy atom. The highest BCUT2D eigenvalue weighted by Crippen LogP contribution is 2.11. The second-order valence-electron chi connectivity index (χ2n) is 4.03. The van der Waals surface area contributed by atoms with Crippen LogP contribution in [0.25, 0.3) is 0 Å². The van der Waals surface area contributed by atoms with Crippen molar-refractivity contribution < 1.29 is 4.12 Å². The van der Waals surface area contributed by atoms with Gasteiger partial charge in [0.2, 0.25) is 0 Å². The molecule has 0 atom stereocenters. The quantitative estimate of drug-likeness (QED) is 0.761. The van der Waals surface area contributed by atoms with Gasteiger partial charge in [0.1, 0.15) is 0 Å². The van der Waals surface area contributed by atoms with Gasteiger partial charge in [-0.3, -0.25) is 0 Å². The number of nitrogens with two attached hydrogens (primary N) is 2. The van der Waals surface area contributed by atoms with Crippen LogP contribution in [0.4, 0.5) is 0 Å². The molecule has 17 heavy (non-hydrogen) atoms. The molecule has 0 spiro atoms. The molecule has 0 fully saturated rings. The van der Waals surface area contributed by atoms with E-state index in [4.69, 9.17) is 15.6 Å². The molecule has 4 N–H and O–H groups in total. The molecule has 0 aromatic carbocycles. The zero-order valence-corrected chi connectivity index (χ0v) is 9.98. The van der Waals surface area contributed by atoms with Crippen LogP contribution in [0.1, 0.15) is 44.6 Å². The van der Waals surface area contributed by atoms with Crippen molar-refractivity contribution in [1.82, 2.24) is 0 Å². The van der Waals surface area contributed by atoms with Crippen LogP contribution in [0.2, 0.25) is 26.2 Å². The SMILES string of the molecule is C.C.C.C.C.C.C[Si](C)(CN)O[Si](C)(C)CN. The first-order valence-electron chi connectivity index (χ1n) is 3.93. The van der Waals surface area contributed by atoms with E-state index in [1.807, 2.05) is 0 Å². The van der Waals surface area contributed by atoms with Gasteiger partial charge in [-0.15, -0.1) is 0 Å². The van der Waals surface area contributed by atoms with E-state index in [0.717, 1.165) is 0 Å². The standard InChI is InChI=1S/C6H20N2OSi2.6CH4/c1-10(2,5-7)9-11(3,4)6-8;;;;;;/h5-8H2,1-4H3;6*1H4. The topological polar surface area (TPSA) is 61.3 Å². The van der Waals surface area contributed by atoms with Crippen molar-refractivity contribution >= 4 is 16.6 Å². The van der Waals surface area contributed by atoms with Gasteiger partial charge in [0.05, 0.1) is 0 Å². The van der Waals surface area contributed by atoms with Gasteiger partial charge >= 0.3 is 0 Å². The van der Waals surface area contributed by atoms with Crippen molar-refractivity contribution in [2.45, 2.75) is 70.7 Å². The van der Waals surface area contributed by atoms with E-state index in [-0.39, 0.29) is 44.6 Å². The minimum atomic E-state index is -1.57. The number of hydrogen-bond acceptors (Lipinski definition) is 3. The molecule has 0 bridgehead atoms. The summed E-state index contributed by atoms with van der Waals surface area (Å²) in [4.78, 5) is 0. The molecule has 3 nitrogen and oxygen atoms in total. The first-order valence-corrected chi connectivity index (χ1v) is 10.2. The Morgan fingerprint density at radius 2 is 0.824 bits per heavy atom. The fraction of sp³-hybridized carbons (Fsp3) is 1.00. The Labute approximate surface area is 116 Å². The second-order valence-corrected chi connectivity index (χ2v) is 12.7. The van der Waals surface area contributed by atoms with E-state index in [1.165, 1.54) is 0 Å². The van der Waals surface area contributed by atoms with Crippen LogP contribution in [0.15, 0.2) is 0 Å². The van der Waals surface area contributed by atoms with E-state index < -0.39 is 16.6 Å². The predicted molar refractivity (Wildman–Crippen MR) is 94.5 cm³/mol. The van der Waals surface area contributed by atoms with Crippen molar-refractivity contribution in [3.63, 3.8) is 0 Å². The molecular formula is C12H44N2OSi2. The van der Waals surface area contributed by atoms with Gasteiger partial charge in [-0.25, -0.2) is 0 Å². The Hall–Kier alpha value is 0.314. The van der Waals surface area contributed by atoms with Gasteiger partial charge in [0.25, 0.3) is 0 Å². The average Bonchev–Trinajstić information content (AvgIpc) is 1.86. The third-order valence-electron chi connectivity index (χ3n) is 1.54. The highest BCUT2D eigenvalue weighted by molar-refractivity contribution is 6.85. The lowest BCUT2D eigenvalue weighted by Gasteiger charge is -2.31. The third-order valence-corrected chi connectivity index (χ3v) is 7.92. The average molecular weight is 289 g/mol.